The van der Waals surface area contributed by atoms with Crippen molar-refractivity contribution in [2.75, 3.05) is 17.2 Å². The quantitative estimate of drug-likeness (QED) is 0.679. The van der Waals surface area contributed by atoms with Crippen molar-refractivity contribution in [3.8, 4) is 6.07 Å². The van der Waals surface area contributed by atoms with Crippen LogP contribution in [0.2, 0.25) is 0 Å². The van der Waals surface area contributed by atoms with Crippen molar-refractivity contribution >= 4 is 46.3 Å². The topological polar surface area (TPSA) is 109 Å². The highest BCUT2D eigenvalue weighted by molar-refractivity contribution is 7.07. The summed E-state index contributed by atoms with van der Waals surface area (Å²) in [7, 11) is 0. The van der Waals surface area contributed by atoms with Crippen LogP contribution in [0.1, 0.15) is 41.0 Å². The zero-order chi connectivity index (χ0) is 24.2. The maximum atomic E-state index is 13.0. The molecule has 1 aromatic heterocycles. The molecule has 1 amide bonds. The molecule has 3 rings (SSSR count). The van der Waals surface area contributed by atoms with Crippen LogP contribution in [0.4, 0.5) is 11.4 Å². The van der Waals surface area contributed by atoms with Crippen LogP contribution in [0.3, 0.4) is 0 Å². The molecule has 174 valence electrons. The molecule has 2 heterocycles. The smallest absolute Gasteiger partial charge is 0.270 e. The van der Waals surface area contributed by atoms with E-state index in [0.29, 0.717) is 33.9 Å². The summed E-state index contributed by atoms with van der Waals surface area (Å²) in [5.41, 5.74) is 0.959. The van der Waals surface area contributed by atoms with E-state index in [1.54, 1.807) is 16.8 Å². The van der Waals surface area contributed by atoms with Crippen molar-refractivity contribution in [1.82, 2.24) is 4.57 Å². The lowest BCUT2D eigenvalue weighted by Gasteiger charge is -2.18. The number of carbonyl (C=O) groups is 1. The van der Waals surface area contributed by atoms with Crippen molar-refractivity contribution in [3.05, 3.63) is 43.8 Å². The van der Waals surface area contributed by atoms with Crippen LogP contribution in [0, 0.1) is 16.7 Å². The van der Waals surface area contributed by atoms with Crippen LogP contribution in [0.15, 0.2) is 34.1 Å². The van der Waals surface area contributed by atoms with E-state index in [1.165, 1.54) is 11.3 Å². The second-order valence-electron chi connectivity index (χ2n) is 8.69. The number of thiazole rings is 1. The maximum Gasteiger partial charge on any atom is 0.270 e. The van der Waals surface area contributed by atoms with Gasteiger partial charge in [-0.15, -0.1) is 11.3 Å². The number of amides is 1. The van der Waals surface area contributed by atoms with Crippen molar-refractivity contribution < 1.29 is 9.53 Å². The molecule has 1 atom stereocenters. The first-order chi connectivity index (χ1) is 15.7. The van der Waals surface area contributed by atoms with Crippen molar-refractivity contribution in [1.29, 1.82) is 5.26 Å². The Bertz CT molecular complexity index is 1290. The molecule has 1 aliphatic rings. The average molecular weight is 468 g/mol. The predicted molar refractivity (Wildman–Crippen MR) is 133 cm³/mol. The third-order valence-corrected chi connectivity index (χ3v) is 6.25. The van der Waals surface area contributed by atoms with Crippen molar-refractivity contribution in [2.45, 2.75) is 53.6 Å². The normalized spacial score (nSPS) is 17.2. The number of benzene rings is 1. The van der Waals surface area contributed by atoms with E-state index in [1.807, 2.05) is 52.8 Å². The fraction of sp³-hybridized carbons (Fsp3) is 0.417. The predicted octanol–water partition coefficient (Wildman–Crippen LogP) is 2.65. The molecule has 2 N–H and O–H groups in total. The Kier molecular flexibility index (Phi) is 7.39. The molecule has 2 aromatic rings. The van der Waals surface area contributed by atoms with E-state index >= 15 is 0 Å². The summed E-state index contributed by atoms with van der Waals surface area (Å²) in [5, 5.41) is 15.8. The minimum absolute atomic E-state index is 0.0314. The van der Waals surface area contributed by atoms with Gasteiger partial charge in [0.25, 0.3) is 5.56 Å². The monoisotopic (exact) mass is 467 g/mol. The number of nitriles is 1. The number of hydrogen-bond acceptors (Lipinski definition) is 7. The van der Waals surface area contributed by atoms with E-state index in [0.717, 1.165) is 12.1 Å². The zero-order valence-electron chi connectivity index (χ0n) is 19.6. The van der Waals surface area contributed by atoms with Gasteiger partial charge >= 0.3 is 0 Å². The second kappa shape index (κ2) is 10.0. The molecule has 8 nitrogen and oxygen atoms in total. The molecular formula is C24H29N5O3S. The van der Waals surface area contributed by atoms with Crippen molar-refractivity contribution in [2.24, 2.45) is 10.4 Å². The molecule has 0 spiro atoms. The molecule has 0 saturated heterocycles. The van der Waals surface area contributed by atoms with E-state index in [9.17, 15) is 14.9 Å². The molecule has 0 saturated carbocycles. The first-order valence-electron chi connectivity index (χ1n) is 10.9. The fourth-order valence-electron chi connectivity index (χ4n) is 3.10. The second-order valence-corrected chi connectivity index (χ2v) is 9.72. The molecule has 0 unspecified atom stereocenters. The molecule has 0 radical (unpaired) electrons. The molecule has 0 aliphatic carbocycles. The highest BCUT2D eigenvalue weighted by Crippen LogP contribution is 2.20. The number of ether oxygens (including phenoxy) is 1. The largest absolute Gasteiger partial charge is 0.475 e. The third-order valence-electron chi connectivity index (χ3n) is 5.12. The van der Waals surface area contributed by atoms with E-state index in [4.69, 9.17) is 4.74 Å². The zero-order valence-corrected chi connectivity index (χ0v) is 20.4. The molecule has 0 bridgehead atoms. The number of hydrogen-bond donors (Lipinski definition) is 2. The van der Waals surface area contributed by atoms with Crippen LogP contribution >= 0.6 is 11.3 Å². The number of rotatable bonds is 6. The minimum Gasteiger partial charge on any atom is -0.475 e. The van der Waals surface area contributed by atoms with Crippen LogP contribution in [-0.4, -0.2) is 29.0 Å². The Morgan fingerprint density at radius 1 is 1.36 bits per heavy atom. The minimum atomic E-state index is -0.506. The standard InChI is InChI=1S/C24H29N5O3S/c1-6-15-14-32-20(27-15)18(12-25)22-29(7-2)21(30)19(33-22)13-26-16-9-8-10-17(11-16)28-23(31)24(3,4)5/h8-11,13,15,26H,6-7,14H2,1-5H3,(H,28,31)/b19-13+,22-18-/t15-/m0/s1. The SMILES string of the molecule is CC[C@H]1COC(/C(C#N)=c2\s/c(=C/Nc3cccc(NC(=O)C(C)(C)C)c3)c(=O)n2CC)=N1. The highest BCUT2D eigenvalue weighted by Gasteiger charge is 2.23. The van der Waals surface area contributed by atoms with Gasteiger partial charge in [0.2, 0.25) is 11.8 Å². The van der Waals surface area contributed by atoms with E-state index < -0.39 is 5.41 Å². The van der Waals surface area contributed by atoms with Crippen molar-refractivity contribution in [3.63, 3.8) is 0 Å². The Hall–Kier alpha value is -3.38. The van der Waals surface area contributed by atoms with Gasteiger partial charge in [-0.2, -0.15) is 5.26 Å². The Balaban J connectivity index is 1.96. The number of aliphatic imine (C=N–C) groups is 1. The van der Waals surface area contributed by atoms with Crippen LogP contribution in [-0.2, 0) is 16.1 Å². The maximum absolute atomic E-state index is 13.0. The summed E-state index contributed by atoms with van der Waals surface area (Å²) < 4.78 is 8.17. The lowest BCUT2D eigenvalue weighted by molar-refractivity contribution is -0.123. The summed E-state index contributed by atoms with van der Waals surface area (Å²) >= 11 is 1.22. The summed E-state index contributed by atoms with van der Waals surface area (Å²) in [6.07, 6.45) is 2.44. The van der Waals surface area contributed by atoms with Crippen LogP contribution in [0.5, 0.6) is 0 Å². The molecule has 9 heteroatoms. The molecule has 33 heavy (non-hydrogen) atoms. The number of carbonyl (C=O) groups excluding carboxylic acids is 1. The van der Waals surface area contributed by atoms with Gasteiger partial charge in [-0.1, -0.05) is 33.8 Å². The first-order valence-corrected chi connectivity index (χ1v) is 11.7. The Labute approximate surface area is 196 Å². The van der Waals surface area contributed by atoms with Crippen LogP contribution in [0.25, 0.3) is 11.8 Å². The molecular weight excluding hydrogens is 438 g/mol. The number of anilines is 2. The van der Waals surface area contributed by atoms with E-state index in [-0.39, 0.29) is 23.1 Å². The molecule has 1 aliphatic heterocycles. The Morgan fingerprint density at radius 3 is 2.70 bits per heavy atom. The van der Waals surface area contributed by atoms with Crippen LogP contribution < -0.4 is 25.4 Å². The number of aromatic nitrogens is 1. The van der Waals surface area contributed by atoms with Gasteiger partial charge in [0.1, 0.15) is 27.4 Å². The summed E-state index contributed by atoms with van der Waals surface area (Å²) in [6.45, 7) is 10.3. The average Bonchev–Trinajstić information content (AvgIpc) is 3.37. The van der Waals surface area contributed by atoms with Gasteiger partial charge in [-0.3, -0.25) is 14.2 Å². The fourth-order valence-corrected chi connectivity index (χ4v) is 4.18. The van der Waals surface area contributed by atoms with Gasteiger partial charge in [0, 0.05) is 29.5 Å². The summed E-state index contributed by atoms with van der Waals surface area (Å²) in [4.78, 5) is 29.7. The number of nitrogens with one attached hydrogen (secondary N) is 2. The summed E-state index contributed by atoms with van der Waals surface area (Å²) in [5.74, 6) is 0.217. The Morgan fingerprint density at radius 2 is 2.09 bits per heavy atom. The number of nitrogens with zero attached hydrogens (tertiary/aromatic N) is 3. The van der Waals surface area contributed by atoms with Gasteiger partial charge in [-0.25, -0.2) is 4.99 Å². The van der Waals surface area contributed by atoms with Gasteiger partial charge < -0.3 is 15.4 Å². The third kappa shape index (κ3) is 5.52. The van der Waals surface area contributed by atoms with Gasteiger partial charge in [0.05, 0.1) is 6.04 Å². The lowest BCUT2D eigenvalue weighted by atomic mass is 9.95. The van der Waals surface area contributed by atoms with E-state index in [2.05, 4.69) is 21.7 Å². The first kappa shape index (κ1) is 24.3. The summed E-state index contributed by atoms with van der Waals surface area (Å²) in [6, 6.07) is 9.47. The van der Waals surface area contributed by atoms with Gasteiger partial charge in [0.15, 0.2) is 0 Å². The molecule has 0 fully saturated rings. The molecule has 1 aromatic carbocycles. The highest BCUT2D eigenvalue weighted by atomic mass is 32.1. The van der Waals surface area contributed by atoms with Gasteiger partial charge in [-0.05, 0) is 31.5 Å². The lowest BCUT2D eigenvalue weighted by Crippen LogP contribution is -2.32.